The highest BCUT2D eigenvalue weighted by Gasteiger charge is 2.30. The van der Waals surface area contributed by atoms with E-state index < -0.39 is 10.0 Å². The van der Waals surface area contributed by atoms with E-state index in [0.717, 1.165) is 18.7 Å². The second-order valence-electron chi connectivity index (χ2n) is 5.37. The second kappa shape index (κ2) is 6.22. The summed E-state index contributed by atoms with van der Waals surface area (Å²) in [5.74, 6) is 0. The van der Waals surface area contributed by atoms with E-state index in [1.165, 1.54) is 0 Å². The number of rotatable bonds is 4. The topological polar surface area (TPSA) is 52.7 Å². The Balaban J connectivity index is 2.17. The molecule has 1 aliphatic rings. The monoisotopic (exact) mass is 297 g/mol. The third-order valence-corrected chi connectivity index (χ3v) is 5.74. The molecule has 112 valence electrons. The van der Waals surface area contributed by atoms with E-state index in [4.69, 9.17) is 0 Å². The largest absolute Gasteiger partial charge is 0.316 e. The van der Waals surface area contributed by atoms with Crippen LogP contribution in [0.2, 0.25) is 0 Å². The van der Waals surface area contributed by atoms with Gasteiger partial charge >= 0.3 is 0 Å². The van der Waals surface area contributed by atoms with Crippen molar-refractivity contribution in [1.82, 2.24) is 14.5 Å². The average molecular weight is 297 g/mol. The second-order valence-corrected chi connectivity index (χ2v) is 7.30. The Kier molecular flexibility index (Phi) is 4.80. The number of likely N-dealkylation sites (N-methyl/N-ethyl adjacent to an activating group) is 1. The van der Waals surface area contributed by atoms with Crippen LogP contribution in [0.4, 0.5) is 0 Å². The predicted octanol–water partition coefficient (Wildman–Crippen LogP) is 0.731. The Morgan fingerprint density at radius 1 is 1.25 bits per heavy atom. The van der Waals surface area contributed by atoms with Crippen molar-refractivity contribution in [2.75, 3.05) is 33.7 Å². The van der Waals surface area contributed by atoms with Crippen molar-refractivity contribution in [2.45, 2.75) is 24.4 Å². The summed E-state index contributed by atoms with van der Waals surface area (Å²) in [6.45, 7) is 4.68. The lowest BCUT2D eigenvalue weighted by Crippen LogP contribution is -2.51. The van der Waals surface area contributed by atoms with Crippen LogP contribution in [0.5, 0.6) is 0 Å². The number of benzene rings is 1. The molecule has 1 saturated heterocycles. The molecular formula is C14H23N3O2S. The van der Waals surface area contributed by atoms with Crippen LogP contribution in [0.25, 0.3) is 0 Å². The SMILES string of the molecule is CNCc1ccc(S(=O)(=O)N2CCN(C)C(C)C2)cc1. The van der Waals surface area contributed by atoms with E-state index in [-0.39, 0.29) is 6.04 Å². The van der Waals surface area contributed by atoms with Crippen LogP contribution in [0.3, 0.4) is 0 Å². The Hall–Kier alpha value is -0.950. The van der Waals surface area contributed by atoms with Gasteiger partial charge in [0.2, 0.25) is 10.0 Å². The molecule has 1 aromatic carbocycles. The fraction of sp³-hybridized carbons (Fsp3) is 0.571. The van der Waals surface area contributed by atoms with E-state index >= 15 is 0 Å². The van der Waals surface area contributed by atoms with Crippen molar-refractivity contribution >= 4 is 10.0 Å². The summed E-state index contributed by atoms with van der Waals surface area (Å²) in [4.78, 5) is 2.57. The van der Waals surface area contributed by atoms with Gasteiger partial charge in [0.05, 0.1) is 4.90 Å². The lowest BCUT2D eigenvalue weighted by Gasteiger charge is -2.36. The molecule has 1 heterocycles. The Bertz CT molecular complexity index is 542. The fourth-order valence-electron chi connectivity index (χ4n) is 2.37. The first-order valence-corrected chi connectivity index (χ1v) is 8.33. The molecule has 1 atom stereocenters. The molecule has 20 heavy (non-hydrogen) atoms. The minimum Gasteiger partial charge on any atom is -0.316 e. The molecule has 2 rings (SSSR count). The van der Waals surface area contributed by atoms with E-state index in [0.29, 0.717) is 18.0 Å². The number of nitrogens with zero attached hydrogens (tertiary/aromatic N) is 2. The van der Waals surface area contributed by atoms with Crippen LogP contribution < -0.4 is 5.32 Å². The smallest absolute Gasteiger partial charge is 0.243 e. The maximum absolute atomic E-state index is 12.6. The zero-order chi connectivity index (χ0) is 14.8. The van der Waals surface area contributed by atoms with Gasteiger partial charge in [0.15, 0.2) is 0 Å². The van der Waals surface area contributed by atoms with Crippen LogP contribution >= 0.6 is 0 Å². The van der Waals surface area contributed by atoms with E-state index in [1.807, 2.05) is 26.2 Å². The zero-order valence-corrected chi connectivity index (χ0v) is 13.2. The third-order valence-electron chi connectivity index (χ3n) is 3.86. The molecule has 1 unspecified atom stereocenters. The highest BCUT2D eigenvalue weighted by atomic mass is 32.2. The third kappa shape index (κ3) is 3.20. The number of sulfonamides is 1. The predicted molar refractivity (Wildman–Crippen MR) is 80.1 cm³/mol. The highest BCUT2D eigenvalue weighted by molar-refractivity contribution is 7.89. The average Bonchev–Trinajstić information content (AvgIpc) is 2.43. The summed E-state index contributed by atoms with van der Waals surface area (Å²) < 4.78 is 26.8. The van der Waals surface area contributed by atoms with Crippen molar-refractivity contribution in [1.29, 1.82) is 0 Å². The summed E-state index contributed by atoms with van der Waals surface area (Å²) in [5.41, 5.74) is 1.08. The first kappa shape index (κ1) is 15.4. The van der Waals surface area contributed by atoms with Crippen molar-refractivity contribution in [3.63, 3.8) is 0 Å². The van der Waals surface area contributed by atoms with Gasteiger partial charge in [0, 0.05) is 32.2 Å². The first-order chi connectivity index (χ1) is 9.45. The maximum atomic E-state index is 12.6. The summed E-state index contributed by atoms with van der Waals surface area (Å²) >= 11 is 0. The van der Waals surface area contributed by atoms with Gasteiger partial charge in [-0.2, -0.15) is 4.31 Å². The standard InChI is InChI=1S/C14H23N3O2S/c1-12-11-17(9-8-16(12)3)20(18,19)14-6-4-13(5-7-14)10-15-2/h4-7,12,15H,8-11H2,1-3H3. The molecule has 1 N–H and O–H groups in total. The minimum absolute atomic E-state index is 0.252. The molecule has 1 aromatic rings. The maximum Gasteiger partial charge on any atom is 0.243 e. The van der Waals surface area contributed by atoms with Crippen molar-refractivity contribution in [3.05, 3.63) is 29.8 Å². The Labute approximate surface area is 121 Å². The van der Waals surface area contributed by atoms with E-state index in [9.17, 15) is 8.42 Å². The van der Waals surface area contributed by atoms with Crippen LogP contribution in [0.15, 0.2) is 29.2 Å². The number of hydrogen-bond acceptors (Lipinski definition) is 4. The van der Waals surface area contributed by atoms with Crippen molar-refractivity contribution in [3.8, 4) is 0 Å². The lowest BCUT2D eigenvalue weighted by molar-refractivity contribution is 0.159. The number of piperazine rings is 1. The van der Waals surface area contributed by atoms with E-state index in [1.54, 1.807) is 16.4 Å². The van der Waals surface area contributed by atoms with Gasteiger partial charge in [-0.3, -0.25) is 0 Å². The summed E-state index contributed by atoms with van der Waals surface area (Å²) in [6, 6.07) is 7.38. The molecule has 1 fully saturated rings. The normalized spacial score (nSPS) is 22.1. The first-order valence-electron chi connectivity index (χ1n) is 6.89. The van der Waals surface area contributed by atoms with Gasteiger partial charge < -0.3 is 10.2 Å². The molecule has 0 radical (unpaired) electrons. The summed E-state index contributed by atoms with van der Waals surface area (Å²) in [6.07, 6.45) is 0. The molecule has 0 bridgehead atoms. The quantitative estimate of drug-likeness (QED) is 0.890. The van der Waals surface area contributed by atoms with Crippen LogP contribution in [0, 0.1) is 0 Å². The van der Waals surface area contributed by atoms with Gasteiger partial charge in [-0.25, -0.2) is 8.42 Å². The highest BCUT2D eigenvalue weighted by Crippen LogP contribution is 2.19. The van der Waals surface area contributed by atoms with Crippen LogP contribution in [-0.2, 0) is 16.6 Å². The van der Waals surface area contributed by atoms with E-state index in [2.05, 4.69) is 17.1 Å². The fourth-order valence-corrected chi connectivity index (χ4v) is 3.88. The molecule has 0 aliphatic carbocycles. The van der Waals surface area contributed by atoms with Crippen molar-refractivity contribution < 1.29 is 8.42 Å². The molecule has 6 heteroatoms. The van der Waals surface area contributed by atoms with Crippen LogP contribution in [-0.4, -0.2) is 57.4 Å². The summed E-state index contributed by atoms with van der Waals surface area (Å²) in [5, 5.41) is 3.05. The molecule has 0 spiro atoms. The van der Waals surface area contributed by atoms with Gasteiger partial charge in [0.1, 0.15) is 0 Å². The summed E-state index contributed by atoms with van der Waals surface area (Å²) in [7, 11) is 0.536. The lowest BCUT2D eigenvalue weighted by atomic mass is 10.2. The number of hydrogen-bond donors (Lipinski definition) is 1. The molecule has 0 aromatic heterocycles. The van der Waals surface area contributed by atoms with Crippen LogP contribution in [0.1, 0.15) is 12.5 Å². The molecule has 1 aliphatic heterocycles. The molecular weight excluding hydrogens is 274 g/mol. The minimum atomic E-state index is -3.36. The van der Waals surface area contributed by atoms with Crippen molar-refractivity contribution in [2.24, 2.45) is 0 Å². The van der Waals surface area contributed by atoms with Gasteiger partial charge in [-0.1, -0.05) is 12.1 Å². The number of nitrogens with one attached hydrogen (secondary N) is 1. The van der Waals surface area contributed by atoms with Gasteiger partial charge in [-0.15, -0.1) is 0 Å². The molecule has 0 amide bonds. The molecule has 0 saturated carbocycles. The van der Waals surface area contributed by atoms with Gasteiger partial charge in [-0.05, 0) is 38.7 Å². The van der Waals surface area contributed by atoms with Gasteiger partial charge in [0.25, 0.3) is 0 Å². The molecule has 5 nitrogen and oxygen atoms in total. The Morgan fingerprint density at radius 3 is 2.45 bits per heavy atom. The zero-order valence-electron chi connectivity index (χ0n) is 12.3. The Morgan fingerprint density at radius 2 is 1.90 bits per heavy atom.